The van der Waals surface area contributed by atoms with Gasteiger partial charge in [-0.25, -0.2) is 9.37 Å². The lowest BCUT2D eigenvalue weighted by molar-refractivity contribution is -0.137. The van der Waals surface area contributed by atoms with Gasteiger partial charge < -0.3 is 9.80 Å². The molecule has 11 heteroatoms. The molecule has 6 nitrogen and oxygen atoms in total. The molecule has 0 aliphatic carbocycles. The number of rotatable bonds is 3. The van der Waals surface area contributed by atoms with E-state index in [9.17, 15) is 17.6 Å². The molecule has 5 aromatic rings. The number of alkyl halides is 3. The summed E-state index contributed by atoms with van der Waals surface area (Å²) in [5.41, 5.74) is 1.29. The first kappa shape index (κ1) is 23.5. The molecule has 0 radical (unpaired) electrons. The topological polar surface area (TPSA) is 49.6 Å². The van der Waals surface area contributed by atoms with Crippen molar-refractivity contribution in [3.63, 3.8) is 0 Å². The molecule has 37 heavy (non-hydrogen) atoms. The Hall–Kier alpha value is -3.92. The van der Waals surface area contributed by atoms with E-state index < -0.39 is 11.7 Å². The Morgan fingerprint density at radius 1 is 0.838 bits per heavy atom. The first-order chi connectivity index (χ1) is 17.8. The van der Waals surface area contributed by atoms with Gasteiger partial charge in [-0.1, -0.05) is 41.1 Å². The van der Waals surface area contributed by atoms with Gasteiger partial charge in [0.25, 0.3) is 0 Å². The number of piperazine rings is 1. The standard InChI is InChI=1S/C26H19ClF4N6/c27-18-8-9-21-19(15-18)24(36-12-10-35(11-13-36)22-7-2-1-6-20(22)28)32-25-23(33-34-37(21)25)16-4-3-5-17(14-16)26(29,30)31/h1-9,14-15H,10-13H2. The second-order valence-electron chi connectivity index (χ2n) is 8.77. The lowest BCUT2D eigenvalue weighted by Crippen LogP contribution is -2.47. The van der Waals surface area contributed by atoms with Crippen molar-refractivity contribution in [2.45, 2.75) is 6.18 Å². The molecule has 1 saturated heterocycles. The maximum Gasteiger partial charge on any atom is 0.416 e. The fraction of sp³-hybridized carbons (Fsp3) is 0.192. The Morgan fingerprint density at radius 3 is 2.35 bits per heavy atom. The fourth-order valence-electron chi connectivity index (χ4n) is 4.71. The van der Waals surface area contributed by atoms with Crippen molar-refractivity contribution in [2.75, 3.05) is 36.0 Å². The van der Waals surface area contributed by atoms with Gasteiger partial charge in [-0.2, -0.15) is 17.7 Å². The van der Waals surface area contributed by atoms with Crippen LogP contribution in [0.5, 0.6) is 0 Å². The molecule has 0 spiro atoms. The third kappa shape index (κ3) is 4.21. The summed E-state index contributed by atoms with van der Waals surface area (Å²) in [7, 11) is 0. The predicted octanol–water partition coefficient (Wildman–Crippen LogP) is 6.08. The third-order valence-electron chi connectivity index (χ3n) is 6.52. The van der Waals surface area contributed by atoms with Crippen LogP contribution in [-0.2, 0) is 6.18 Å². The Kier molecular flexibility index (Phi) is 5.63. The highest BCUT2D eigenvalue weighted by Gasteiger charge is 2.31. The first-order valence-electron chi connectivity index (χ1n) is 11.6. The molecule has 6 rings (SSSR count). The van der Waals surface area contributed by atoms with Gasteiger partial charge in [0.2, 0.25) is 0 Å². The van der Waals surface area contributed by atoms with Crippen LogP contribution in [0, 0.1) is 5.82 Å². The maximum atomic E-state index is 14.3. The summed E-state index contributed by atoms with van der Waals surface area (Å²) in [4.78, 5) is 8.89. The molecule has 0 unspecified atom stereocenters. The Bertz CT molecular complexity index is 1630. The van der Waals surface area contributed by atoms with E-state index in [1.807, 2.05) is 4.90 Å². The predicted molar refractivity (Wildman–Crippen MR) is 135 cm³/mol. The summed E-state index contributed by atoms with van der Waals surface area (Å²) in [5, 5.41) is 9.64. The van der Waals surface area contributed by atoms with Crippen LogP contribution in [0.3, 0.4) is 0 Å². The number of para-hydroxylation sites is 1. The molecular formula is C26H19ClF4N6. The molecule has 0 atom stereocenters. The van der Waals surface area contributed by atoms with Gasteiger partial charge in [0.1, 0.15) is 17.3 Å². The van der Waals surface area contributed by atoms with Crippen LogP contribution in [-0.4, -0.2) is 46.0 Å². The zero-order chi connectivity index (χ0) is 25.7. The van der Waals surface area contributed by atoms with Crippen molar-refractivity contribution >= 4 is 39.7 Å². The second-order valence-corrected chi connectivity index (χ2v) is 9.21. The van der Waals surface area contributed by atoms with Crippen LogP contribution in [0.4, 0.5) is 29.1 Å². The van der Waals surface area contributed by atoms with E-state index in [4.69, 9.17) is 16.6 Å². The highest BCUT2D eigenvalue weighted by Crippen LogP contribution is 2.35. The van der Waals surface area contributed by atoms with Crippen molar-refractivity contribution in [1.29, 1.82) is 0 Å². The van der Waals surface area contributed by atoms with E-state index in [0.29, 0.717) is 53.9 Å². The zero-order valence-corrected chi connectivity index (χ0v) is 20.0. The van der Waals surface area contributed by atoms with E-state index in [1.165, 1.54) is 16.6 Å². The van der Waals surface area contributed by atoms with E-state index >= 15 is 0 Å². The van der Waals surface area contributed by atoms with E-state index in [-0.39, 0.29) is 17.1 Å². The molecule has 1 aliphatic heterocycles. The highest BCUT2D eigenvalue weighted by atomic mass is 35.5. The molecule has 1 aliphatic rings. The molecule has 0 saturated carbocycles. The molecule has 1 fully saturated rings. The Balaban J connectivity index is 1.44. The van der Waals surface area contributed by atoms with Gasteiger partial charge in [0.05, 0.1) is 16.8 Å². The van der Waals surface area contributed by atoms with Crippen molar-refractivity contribution in [1.82, 2.24) is 19.8 Å². The number of hydrogen-bond donors (Lipinski definition) is 0. The van der Waals surface area contributed by atoms with Crippen molar-refractivity contribution in [3.8, 4) is 11.3 Å². The minimum absolute atomic E-state index is 0.245. The van der Waals surface area contributed by atoms with Crippen LogP contribution < -0.4 is 9.80 Å². The van der Waals surface area contributed by atoms with E-state index in [1.54, 1.807) is 42.5 Å². The number of hydrogen-bond acceptors (Lipinski definition) is 5. The molecule has 2 aromatic heterocycles. The summed E-state index contributed by atoms with van der Waals surface area (Å²) in [6.07, 6.45) is -4.49. The number of anilines is 2. The van der Waals surface area contributed by atoms with Crippen LogP contribution in [0.2, 0.25) is 5.02 Å². The number of halogens is 5. The van der Waals surface area contributed by atoms with Gasteiger partial charge in [-0.05, 0) is 42.5 Å². The second kappa shape index (κ2) is 8.88. The van der Waals surface area contributed by atoms with Gasteiger partial charge in [-0.3, -0.25) is 0 Å². The minimum atomic E-state index is -4.49. The Morgan fingerprint density at radius 2 is 1.59 bits per heavy atom. The monoisotopic (exact) mass is 526 g/mol. The average molecular weight is 527 g/mol. The number of nitrogens with zero attached hydrogens (tertiary/aromatic N) is 6. The molecule has 3 heterocycles. The zero-order valence-electron chi connectivity index (χ0n) is 19.3. The van der Waals surface area contributed by atoms with Crippen molar-refractivity contribution in [3.05, 3.63) is 83.1 Å². The number of fused-ring (bicyclic) bond motifs is 3. The van der Waals surface area contributed by atoms with Crippen LogP contribution in [0.1, 0.15) is 5.56 Å². The van der Waals surface area contributed by atoms with Crippen molar-refractivity contribution < 1.29 is 17.6 Å². The third-order valence-corrected chi connectivity index (χ3v) is 6.76. The molecule has 0 amide bonds. The first-order valence-corrected chi connectivity index (χ1v) is 11.9. The van der Waals surface area contributed by atoms with Crippen LogP contribution >= 0.6 is 11.6 Å². The quantitative estimate of drug-likeness (QED) is 0.267. The fourth-order valence-corrected chi connectivity index (χ4v) is 4.88. The molecule has 0 N–H and O–H groups in total. The van der Waals surface area contributed by atoms with Crippen molar-refractivity contribution in [2.24, 2.45) is 0 Å². The normalized spacial score (nSPS) is 14.6. The molecular weight excluding hydrogens is 508 g/mol. The maximum absolute atomic E-state index is 14.3. The Labute approximate surface area is 213 Å². The minimum Gasteiger partial charge on any atom is -0.366 e. The van der Waals surface area contributed by atoms with Gasteiger partial charge >= 0.3 is 6.18 Å². The van der Waals surface area contributed by atoms with Gasteiger partial charge in [0, 0.05) is 42.2 Å². The number of benzene rings is 3. The molecule has 3 aromatic carbocycles. The summed E-state index contributed by atoms with van der Waals surface area (Å²) in [5.74, 6) is 0.345. The summed E-state index contributed by atoms with van der Waals surface area (Å²) >= 11 is 6.31. The van der Waals surface area contributed by atoms with Gasteiger partial charge in [0.15, 0.2) is 5.65 Å². The molecule has 188 valence electrons. The number of aromatic nitrogens is 4. The summed E-state index contributed by atoms with van der Waals surface area (Å²) in [6.45, 7) is 2.24. The molecule has 0 bridgehead atoms. The smallest absolute Gasteiger partial charge is 0.366 e. The SMILES string of the molecule is Fc1ccccc1N1CCN(c2nc3c(-c4cccc(C(F)(F)F)c4)nnn3c3ccc(Cl)cc23)CC1. The van der Waals surface area contributed by atoms with Crippen LogP contribution in [0.25, 0.3) is 27.8 Å². The van der Waals surface area contributed by atoms with E-state index in [2.05, 4.69) is 15.2 Å². The lowest BCUT2D eigenvalue weighted by Gasteiger charge is -2.37. The average Bonchev–Trinajstić information content (AvgIpc) is 3.32. The lowest BCUT2D eigenvalue weighted by atomic mass is 10.1. The summed E-state index contributed by atoms with van der Waals surface area (Å²) < 4.78 is 55.9. The van der Waals surface area contributed by atoms with Crippen LogP contribution in [0.15, 0.2) is 66.7 Å². The van der Waals surface area contributed by atoms with E-state index in [0.717, 1.165) is 17.5 Å². The largest absolute Gasteiger partial charge is 0.416 e. The summed E-state index contributed by atoms with van der Waals surface area (Å²) in [6, 6.07) is 16.9. The highest BCUT2D eigenvalue weighted by molar-refractivity contribution is 6.31. The van der Waals surface area contributed by atoms with Gasteiger partial charge in [-0.15, -0.1) is 5.10 Å².